The van der Waals surface area contributed by atoms with E-state index in [1.54, 1.807) is 0 Å². The molecule has 1 atom stereocenters. The van der Waals surface area contributed by atoms with Crippen LogP contribution in [0.25, 0.3) is 0 Å². The molecule has 1 N–H and O–H groups in total. The normalized spacial score (nSPS) is 21.6. The second kappa shape index (κ2) is 7.52. The van der Waals surface area contributed by atoms with Gasteiger partial charge in [0.05, 0.1) is 0 Å². The van der Waals surface area contributed by atoms with Gasteiger partial charge in [-0.2, -0.15) is 0 Å². The minimum absolute atomic E-state index is 0.345. The number of hydrogen-bond acceptors (Lipinski definition) is 3. The van der Waals surface area contributed by atoms with Gasteiger partial charge in [-0.3, -0.25) is 4.57 Å². The minimum Gasteiger partial charge on any atom is -0.345 e. The maximum Gasteiger partial charge on any atom is 0.255 e. The van der Waals surface area contributed by atoms with Crippen LogP contribution in [-0.4, -0.2) is 30.3 Å². The van der Waals surface area contributed by atoms with Crippen LogP contribution < -0.4 is 0 Å². The Bertz CT molecular complexity index is 245. The van der Waals surface area contributed by atoms with E-state index in [9.17, 15) is 9.46 Å². The third-order valence-electron chi connectivity index (χ3n) is 3.19. The first-order chi connectivity index (χ1) is 8.10. The summed E-state index contributed by atoms with van der Waals surface area (Å²) >= 11 is 0. The van der Waals surface area contributed by atoms with Crippen LogP contribution in [0.15, 0.2) is 0 Å². The van der Waals surface area contributed by atoms with E-state index in [2.05, 4.69) is 0 Å². The summed E-state index contributed by atoms with van der Waals surface area (Å²) in [5.74, 6) is 0.364. The van der Waals surface area contributed by atoms with E-state index in [1.165, 1.54) is 19.3 Å². The van der Waals surface area contributed by atoms with E-state index >= 15 is 0 Å². The van der Waals surface area contributed by atoms with Crippen molar-refractivity contribution < 1.29 is 18.9 Å². The minimum atomic E-state index is -3.35. The Morgan fingerprint density at radius 2 is 1.71 bits per heavy atom. The standard InChI is InChI=1S/C12H25O4P/c1-3-15-12(16-4-2)17(13,14)10-11-8-6-5-7-9-11/h11-12H,3-10H2,1-2H3,(H,13,14). The fourth-order valence-corrected chi connectivity index (χ4v) is 4.43. The molecule has 0 aromatic heterocycles. The Kier molecular flexibility index (Phi) is 6.71. The van der Waals surface area contributed by atoms with Gasteiger partial charge in [0.1, 0.15) is 0 Å². The molecule has 0 bridgehead atoms. The molecule has 1 fully saturated rings. The van der Waals surface area contributed by atoms with Gasteiger partial charge >= 0.3 is 0 Å². The number of ether oxygens (including phenoxy) is 2. The van der Waals surface area contributed by atoms with Gasteiger partial charge in [-0.1, -0.05) is 19.3 Å². The van der Waals surface area contributed by atoms with Crippen molar-refractivity contribution in [3.05, 3.63) is 0 Å². The predicted molar refractivity (Wildman–Crippen MR) is 68.3 cm³/mol. The second-order valence-corrected chi connectivity index (χ2v) is 6.96. The largest absolute Gasteiger partial charge is 0.345 e. The predicted octanol–water partition coefficient (Wildman–Crippen LogP) is 3.19. The van der Waals surface area contributed by atoms with Crippen molar-refractivity contribution in [2.24, 2.45) is 5.92 Å². The first kappa shape index (κ1) is 15.2. The summed E-state index contributed by atoms with van der Waals surface area (Å²) in [6.45, 7) is 4.43. The fraction of sp³-hybridized carbons (Fsp3) is 1.00. The highest BCUT2D eigenvalue weighted by molar-refractivity contribution is 7.58. The number of rotatable bonds is 7. The molecule has 0 heterocycles. The Labute approximate surface area is 104 Å². The highest BCUT2D eigenvalue weighted by Gasteiger charge is 2.35. The first-order valence-corrected chi connectivity index (χ1v) is 8.56. The van der Waals surface area contributed by atoms with Crippen molar-refractivity contribution in [3.8, 4) is 0 Å². The van der Waals surface area contributed by atoms with Gasteiger partial charge in [0.15, 0.2) is 0 Å². The van der Waals surface area contributed by atoms with E-state index in [1.807, 2.05) is 13.8 Å². The molecule has 5 heteroatoms. The fourth-order valence-electron chi connectivity index (χ4n) is 2.39. The van der Waals surface area contributed by atoms with Gasteiger partial charge in [0.2, 0.25) is 6.03 Å². The lowest BCUT2D eigenvalue weighted by molar-refractivity contribution is -0.0874. The molecule has 0 amide bonds. The Hall–Kier alpha value is 0.110. The van der Waals surface area contributed by atoms with Gasteiger partial charge in [-0.25, -0.2) is 0 Å². The van der Waals surface area contributed by atoms with Crippen molar-refractivity contribution in [1.82, 2.24) is 0 Å². The summed E-state index contributed by atoms with van der Waals surface area (Å²) < 4.78 is 22.8. The van der Waals surface area contributed by atoms with Crippen LogP contribution in [0.2, 0.25) is 0 Å². The zero-order chi connectivity index (χ0) is 12.7. The van der Waals surface area contributed by atoms with E-state index in [0.29, 0.717) is 25.3 Å². The molecule has 0 aromatic carbocycles. The van der Waals surface area contributed by atoms with Crippen LogP contribution in [-0.2, 0) is 14.0 Å². The van der Waals surface area contributed by atoms with Crippen LogP contribution in [0, 0.1) is 5.92 Å². The van der Waals surface area contributed by atoms with Crippen LogP contribution in [0.1, 0.15) is 46.0 Å². The van der Waals surface area contributed by atoms with Gasteiger partial charge < -0.3 is 14.4 Å². The monoisotopic (exact) mass is 264 g/mol. The molecule has 17 heavy (non-hydrogen) atoms. The Morgan fingerprint density at radius 3 is 2.18 bits per heavy atom. The Morgan fingerprint density at radius 1 is 1.18 bits per heavy atom. The maximum absolute atomic E-state index is 12.3. The quantitative estimate of drug-likeness (QED) is 0.566. The molecule has 1 aliphatic carbocycles. The summed E-state index contributed by atoms with van der Waals surface area (Å²) in [5.41, 5.74) is 0. The van der Waals surface area contributed by atoms with Crippen LogP contribution in [0.3, 0.4) is 0 Å². The van der Waals surface area contributed by atoms with Crippen LogP contribution in [0.4, 0.5) is 0 Å². The zero-order valence-electron chi connectivity index (χ0n) is 10.9. The van der Waals surface area contributed by atoms with Crippen molar-refractivity contribution in [2.45, 2.75) is 52.0 Å². The van der Waals surface area contributed by atoms with E-state index in [4.69, 9.17) is 9.47 Å². The van der Waals surface area contributed by atoms with Gasteiger partial charge in [0.25, 0.3) is 7.37 Å². The number of hydrogen-bond donors (Lipinski definition) is 1. The Balaban J connectivity index is 2.53. The van der Waals surface area contributed by atoms with Crippen molar-refractivity contribution in [1.29, 1.82) is 0 Å². The van der Waals surface area contributed by atoms with Crippen molar-refractivity contribution in [2.75, 3.05) is 19.4 Å². The molecular formula is C12H25O4P. The van der Waals surface area contributed by atoms with Crippen molar-refractivity contribution >= 4 is 7.37 Å². The topological polar surface area (TPSA) is 55.8 Å². The summed E-state index contributed by atoms with van der Waals surface area (Å²) in [7, 11) is -3.35. The lowest BCUT2D eigenvalue weighted by atomic mass is 9.91. The lowest BCUT2D eigenvalue weighted by Crippen LogP contribution is -2.22. The molecular weight excluding hydrogens is 239 g/mol. The molecule has 0 aromatic rings. The second-order valence-electron chi connectivity index (χ2n) is 4.66. The lowest BCUT2D eigenvalue weighted by Gasteiger charge is -2.28. The first-order valence-electron chi connectivity index (χ1n) is 6.64. The maximum atomic E-state index is 12.3. The molecule has 102 valence electrons. The molecule has 0 radical (unpaired) electrons. The van der Waals surface area contributed by atoms with Crippen molar-refractivity contribution in [3.63, 3.8) is 0 Å². The molecule has 4 nitrogen and oxygen atoms in total. The van der Waals surface area contributed by atoms with Gasteiger partial charge in [-0.05, 0) is 32.6 Å². The SMILES string of the molecule is CCOC(OCC)P(=O)(O)CC1CCCCC1. The smallest absolute Gasteiger partial charge is 0.255 e. The molecule has 0 aliphatic heterocycles. The third-order valence-corrected chi connectivity index (χ3v) is 5.19. The molecule has 1 aliphatic rings. The van der Waals surface area contributed by atoms with E-state index in [-0.39, 0.29) is 0 Å². The van der Waals surface area contributed by atoms with Crippen LogP contribution >= 0.6 is 7.37 Å². The molecule has 1 unspecified atom stereocenters. The average molecular weight is 264 g/mol. The van der Waals surface area contributed by atoms with Crippen LogP contribution in [0.5, 0.6) is 0 Å². The van der Waals surface area contributed by atoms with E-state index in [0.717, 1.165) is 12.8 Å². The van der Waals surface area contributed by atoms with Gasteiger partial charge in [0, 0.05) is 19.4 Å². The summed E-state index contributed by atoms with van der Waals surface area (Å²) in [6.07, 6.45) is 6.09. The molecule has 0 spiro atoms. The summed E-state index contributed by atoms with van der Waals surface area (Å²) in [5, 5.41) is 0. The highest BCUT2D eigenvalue weighted by atomic mass is 31.2. The zero-order valence-corrected chi connectivity index (χ0v) is 11.8. The summed E-state index contributed by atoms with van der Waals surface area (Å²) in [6, 6.07) is -0.931. The van der Waals surface area contributed by atoms with Gasteiger partial charge in [-0.15, -0.1) is 0 Å². The molecule has 0 saturated heterocycles. The van der Waals surface area contributed by atoms with E-state index < -0.39 is 13.4 Å². The highest BCUT2D eigenvalue weighted by Crippen LogP contribution is 2.50. The third kappa shape index (κ3) is 5.09. The summed E-state index contributed by atoms with van der Waals surface area (Å²) in [4.78, 5) is 10.1. The molecule has 1 rings (SSSR count). The average Bonchev–Trinajstić information content (AvgIpc) is 2.29. The molecule has 1 saturated carbocycles.